The van der Waals surface area contributed by atoms with E-state index >= 15 is 0 Å². The summed E-state index contributed by atoms with van der Waals surface area (Å²) in [6.45, 7) is 3.74. The number of sulfonamides is 1. The molecule has 5 nitrogen and oxygen atoms in total. The molecule has 1 amide bonds. The lowest BCUT2D eigenvalue weighted by molar-refractivity contribution is 0.0784. The van der Waals surface area contributed by atoms with Crippen molar-refractivity contribution in [1.29, 1.82) is 0 Å². The Balaban J connectivity index is 1.76. The molecule has 0 fully saturated rings. The van der Waals surface area contributed by atoms with Gasteiger partial charge >= 0.3 is 0 Å². The molecule has 0 radical (unpaired) electrons. The molecule has 0 aliphatic rings. The molecule has 0 unspecified atom stereocenters. The van der Waals surface area contributed by atoms with E-state index in [4.69, 9.17) is 0 Å². The molecule has 156 valence electrons. The van der Waals surface area contributed by atoms with Gasteiger partial charge in [0.15, 0.2) is 0 Å². The van der Waals surface area contributed by atoms with Gasteiger partial charge in [-0.05, 0) is 55.8 Å². The first-order valence-electron chi connectivity index (χ1n) is 9.36. The number of hydrogen-bond donors (Lipinski definition) is 1. The highest BCUT2D eigenvalue weighted by Crippen LogP contribution is 2.22. The van der Waals surface area contributed by atoms with E-state index in [1.807, 2.05) is 6.92 Å². The van der Waals surface area contributed by atoms with Gasteiger partial charge in [-0.2, -0.15) is 0 Å². The van der Waals surface area contributed by atoms with Crippen molar-refractivity contribution in [3.8, 4) is 0 Å². The van der Waals surface area contributed by atoms with Crippen LogP contribution in [0.3, 0.4) is 0 Å². The molecule has 0 heterocycles. The zero-order valence-electron chi connectivity index (χ0n) is 17.0. The van der Waals surface area contributed by atoms with Crippen molar-refractivity contribution in [3.05, 3.63) is 94.8 Å². The largest absolute Gasteiger partial charge is 0.337 e. The van der Waals surface area contributed by atoms with Crippen LogP contribution in [0.1, 0.15) is 27.0 Å². The Labute approximate surface area is 176 Å². The fourth-order valence-electron chi connectivity index (χ4n) is 3.01. The predicted octanol–water partition coefficient (Wildman–Crippen LogP) is 4.52. The Morgan fingerprint density at radius 2 is 1.67 bits per heavy atom. The summed E-state index contributed by atoms with van der Waals surface area (Å²) in [6.07, 6.45) is 0. The van der Waals surface area contributed by atoms with E-state index in [-0.39, 0.29) is 23.2 Å². The van der Waals surface area contributed by atoms with Gasteiger partial charge in [-0.1, -0.05) is 35.9 Å². The van der Waals surface area contributed by atoms with Crippen molar-refractivity contribution in [3.63, 3.8) is 0 Å². The van der Waals surface area contributed by atoms with Crippen LogP contribution in [-0.2, 0) is 16.6 Å². The molecule has 0 aliphatic carbocycles. The van der Waals surface area contributed by atoms with Crippen molar-refractivity contribution in [2.24, 2.45) is 0 Å². The van der Waals surface area contributed by atoms with Crippen LogP contribution in [-0.4, -0.2) is 26.3 Å². The third kappa shape index (κ3) is 4.86. The molecule has 3 aromatic carbocycles. The highest BCUT2D eigenvalue weighted by Gasteiger charge is 2.18. The zero-order valence-corrected chi connectivity index (χ0v) is 17.8. The quantitative estimate of drug-likeness (QED) is 0.630. The summed E-state index contributed by atoms with van der Waals surface area (Å²) >= 11 is 0. The van der Waals surface area contributed by atoms with Crippen molar-refractivity contribution < 1.29 is 17.6 Å². The second-order valence-corrected chi connectivity index (χ2v) is 8.88. The van der Waals surface area contributed by atoms with E-state index in [0.717, 1.165) is 5.56 Å². The maximum atomic E-state index is 13.8. The fourth-order valence-corrected chi connectivity index (χ4v) is 4.14. The smallest absolute Gasteiger partial charge is 0.261 e. The van der Waals surface area contributed by atoms with Gasteiger partial charge < -0.3 is 4.90 Å². The van der Waals surface area contributed by atoms with Crippen molar-refractivity contribution >= 4 is 21.6 Å². The van der Waals surface area contributed by atoms with Crippen molar-refractivity contribution in [2.45, 2.75) is 25.3 Å². The van der Waals surface area contributed by atoms with Crippen LogP contribution in [0.5, 0.6) is 0 Å². The third-order valence-electron chi connectivity index (χ3n) is 4.76. The van der Waals surface area contributed by atoms with E-state index in [1.54, 1.807) is 74.6 Å². The maximum absolute atomic E-state index is 13.8. The normalized spacial score (nSPS) is 11.2. The molecule has 0 saturated carbocycles. The summed E-state index contributed by atoms with van der Waals surface area (Å²) in [5, 5.41) is 0. The first-order valence-corrected chi connectivity index (χ1v) is 10.8. The second kappa shape index (κ2) is 8.67. The molecule has 7 heteroatoms. The van der Waals surface area contributed by atoms with Crippen molar-refractivity contribution in [1.82, 2.24) is 4.90 Å². The Hall–Kier alpha value is -3.19. The zero-order chi connectivity index (χ0) is 21.9. The highest BCUT2D eigenvalue weighted by molar-refractivity contribution is 7.92. The standard InChI is InChI=1S/C23H23FN2O3S/c1-16-8-11-20(12-9-16)30(28,29)25-22-13-10-18(14-17(22)2)23(27)26(3)15-19-6-4-5-7-21(19)24/h4-14,25H,15H2,1-3H3. The molecular weight excluding hydrogens is 403 g/mol. The number of anilines is 1. The van der Waals surface area contributed by atoms with Crippen LogP contribution in [0.25, 0.3) is 0 Å². The van der Waals surface area contributed by atoms with Crippen LogP contribution in [0.2, 0.25) is 0 Å². The number of carbonyl (C=O) groups is 1. The van der Waals surface area contributed by atoms with E-state index in [1.165, 1.54) is 11.0 Å². The molecule has 0 aromatic heterocycles. The molecule has 0 spiro atoms. The van der Waals surface area contributed by atoms with E-state index in [9.17, 15) is 17.6 Å². The molecular formula is C23H23FN2O3S. The van der Waals surface area contributed by atoms with Crippen LogP contribution in [0.4, 0.5) is 10.1 Å². The van der Waals surface area contributed by atoms with Gasteiger partial charge in [0.1, 0.15) is 5.82 Å². The third-order valence-corrected chi connectivity index (χ3v) is 6.14. The number of nitrogens with one attached hydrogen (secondary N) is 1. The monoisotopic (exact) mass is 426 g/mol. The van der Waals surface area contributed by atoms with Gasteiger partial charge in [-0.3, -0.25) is 9.52 Å². The number of nitrogens with zero attached hydrogens (tertiary/aromatic N) is 1. The average Bonchev–Trinajstić information content (AvgIpc) is 2.71. The van der Waals surface area contributed by atoms with Crippen molar-refractivity contribution in [2.75, 3.05) is 11.8 Å². The number of aryl methyl sites for hydroxylation is 2. The first-order chi connectivity index (χ1) is 14.2. The fraction of sp³-hybridized carbons (Fsp3) is 0.174. The maximum Gasteiger partial charge on any atom is 0.261 e. The van der Waals surface area contributed by atoms with Crippen LogP contribution in [0.15, 0.2) is 71.6 Å². The topological polar surface area (TPSA) is 66.5 Å². The predicted molar refractivity (Wildman–Crippen MR) is 115 cm³/mol. The minimum absolute atomic E-state index is 0.131. The lowest BCUT2D eigenvalue weighted by Crippen LogP contribution is -2.26. The van der Waals surface area contributed by atoms with Crippen LogP contribution in [0, 0.1) is 19.7 Å². The molecule has 1 N–H and O–H groups in total. The minimum atomic E-state index is -3.73. The van der Waals surface area contributed by atoms with Gasteiger partial charge in [0.25, 0.3) is 15.9 Å². The summed E-state index contributed by atoms with van der Waals surface area (Å²) in [5.41, 5.74) is 2.78. The lowest BCUT2D eigenvalue weighted by atomic mass is 10.1. The molecule has 0 bridgehead atoms. The molecule has 0 atom stereocenters. The van der Waals surface area contributed by atoms with E-state index < -0.39 is 10.0 Å². The van der Waals surface area contributed by atoms with Gasteiger partial charge in [0, 0.05) is 24.7 Å². The van der Waals surface area contributed by atoms with Gasteiger partial charge in [-0.15, -0.1) is 0 Å². The summed E-state index contributed by atoms with van der Waals surface area (Å²) in [4.78, 5) is 14.3. The second-order valence-electron chi connectivity index (χ2n) is 7.20. The Morgan fingerprint density at radius 3 is 2.30 bits per heavy atom. The molecule has 0 aliphatic heterocycles. The number of amides is 1. The summed E-state index contributed by atoms with van der Waals surface area (Å²) < 4.78 is 41.6. The number of rotatable bonds is 6. The van der Waals surface area contributed by atoms with Gasteiger partial charge in [-0.25, -0.2) is 12.8 Å². The first kappa shape index (κ1) is 21.5. The highest BCUT2D eigenvalue weighted by atomic mass is 32.2. The number of benzene rings is 3. The van der Waals surface area contributed by atoms with Crippen LogP contribution < -0.4 is 4.72 Å². The molecule has 3 rings (SSSR count). The number of halogens is 1. The SMILES string of the molecule is Cc1ccc(S(=O)(=O)Nc2ccc(C(=O)N(C)Cc3ccccc3F)cc2C)cc1. The average molecular weight is 427 g/mol. The van der Waals surface area contributed by atoms with E-state index in [2.05, 4.69) is 4.72 Å². The van der Waals surface area contributed by atoms with Gasteiger partial charge in [0.2, 0.25) is 0 Å². The Bertz CT molecular complexity index is 1180. The number of hydrogen-bond acceptors (Lipinski definition) is 3. The Kier molecular flexibility index (Phi) is 6.22. The summed E-state index contributed by atoms with van der Waals surface area (Å²) in [6, 6.07) is 17.6. The summed E-state index contributed by atoms with van der Waals surface area (Å²) in [5.74, 6) is -0.650. The van der Waals surface area contributed by atoms with Gasteiger partial charge in [0.05, 0.1) is 10.6 Å². The van der Waals surface area contributed by atoms with E-state index in [0.29, 0.717) is 22.4 Å². The Morgan fingerprint density at radius 1 is 1.00 bits per heavy atom. The molecule has 3 aromatic rings. The summed E-state index contributed by atoms with van der Waals surface area (Å²) in [7, 11) is -2.14. The lowest BCUT2D eigenvalue weighted by Gasteiger charge is -2.19. The number of carbonyl (C=O) groups excluding carboxylic acids is 1. The minimum Gasteiger partial charge on any atom is -0.337 e. The molecule has 0 saturated heterocycles. The van der Waals surface area contributed by atoms with Crippen LogP contribution >= 0.6 is 0 Å². The molecule has 30 heavy (non-hydrogen) atoms.